The van der Waals surface area contributed by atoms with Crippen LogP contribution in [0.15, 0.2) is 42.5 Å². The standard InChI is InChI=1S/C15H16.Li/c1-11-9-12(2)15(13(3)10-11)14-7-5-4-6-8-14;/h4-10H,1-3H3;. The van der Waals surface area contributed by atoms with E-state index in [-0.39, 0.29) is 18.9 Å². The fourth-order valence-corrected chi connectivity index (χ4v) is 2.24. The number of aryl methyl sites for hydroxylation is 3. The minimum Gasteiger partial charge on any atom is -0.0622 e. The summed E-state index contributed by atoms with van der Waals surface area (Å²) in [7, 11) is 0. The van der Waals surface area contributed by atoms with Crippen LogP contribution < -0.4 is 0 Å². The van der Waals surface area contributed by atoms with Crippen LogP contribution in [0.2, 0.25) is 0 Å². The number of hydrogen-bond acceptors (Lipinski definition) is 0. The predicted molar refractivity (Wildman–Crippen MR) is 71.8 cm³/mol. The monoisotopic (exact) mass is 203 g/mol. The molecule has 0 aliphatic carbocycles. The first-order valence-electron chi connectivity index (χ1n) is 5.32. The zero-order valence-electron chi connectivity index (χ0n) is 10.5. The molecule has 0 aliphatic rings. The fraction of sp³-hybridized carbons (Fsp3) is 0.200. The summed E-state index contributed by atoms with van der Waals surface area (Å²) in [5, 5.41) is 0. The molecule has 0 saturated heterocycles. The summed E-state index contributed by atoms with van der Waals surface area (Å²) in [6.07, 6.45) is 0. The molecule has 0 aromatic heterocycles. The Bertz CT molecular complexity index is 449. The van der Waals surface area contributed by atoms with Crippen LogP contribution in [0.4, 0.5) is 0 Å². The SMILES string of the molecule is Cc1cc(C)c(-c2ccccc2)c(C)c1.[Li]. The van der Waals surface area contributed by atoms with Gasteiger partial charge in [-0.15, -0.1) is 0 Å². The van der Waals surface area contributed by atoms with Crippen molar-refractivity contribution >= 4 is 18.9 Å². The van der Waals surface area contributed by atoms with Crippen molar-refractivity contribution in [1.29, 1.82) is 0 Å². The molecule has 0 heterocycles. The van der Waals surface area contributed by atoms with Crippen LogP contribution in [0.3, 0.4) is 0 Å². The van der Waals surface area contributed by atoms with Crippen LogP contribution in [0.25, 0.3) is 11.1 Å². The van der Waals surface area contributed by atoms with Crippen LogP contribution in [0, 0.1) is 20.8 Å². The van der Waals surface area contributed by atoms with Gasteiger partial charge in [0.05, 0.1) is 0 Å². The molecule has 0 spiro atoms. The van der Waals surface area contributed by atoms with Gasteiger partial charge in [0, 0.05) is 18.9 Å². The number of benzene rings is 2. The Kier molecular flexibility index (Phi) is 4.42. The Morgan fingerprint density at radius 3 is 1.75 bits per heavy atom. The second kappa shape index (κ2) is 5.39. The van der Waals surface area contributed by atoms with Crippen molar-refractivity contribution < 1.29 is 0 Å². The van der Waals surface area contributed by atoms with Crippen molar-refractivity contribution in [3.05, 3.63) is 59.2 Å². The van der Waals surface area contributed by atoms with Crippen molar-refractivity contribution in [3.63, 3.8) is 0 Å². The third-order valence-electron chi connectivity index (χ3n) is 2.74. The summed E-state index contributed by atoms with van der Waals surface area (Å²) < 4.78 is 0. The Morgan fingerprint density at radius 2 is 1.25 bits per heavy atom. The smallest absolute Gasteiger partial charge is 0 e. The van der Waals surface area contributed by atoms with Crippen molar-refractivity contribution in [2.24, 2.45) is 0 Å². The maximum absolute atomic E-state index is 2.25. The van der Waals surface area contributed by atoms with Crippen LogP contribution in [-0.2, 0) is 0 Å². The van der Waals surface area contributed by atoms with E-state index < -0.39 is 0 Å². The van der Waals surface area contributed by atoms with Crippen molar-refractivity contribution in [1.82, 2.24) is 0 Å². The topological polar surface area (TPSA) is 0 Å². The molecule has 77 valence electrons. The van der Waals surface area contributed by atoms with E-state index in [1.165, 1.54) is 27.8 Å². The van der Waals surface area contributed by atoms with E-state index >= 15 is 0 Å². The minimum absolute atomic E-state index is 0. The number of hydrogen-bond donors (Lipinski definition) is 0. The second-order valence-electron chi connectivity index (χ2n) is 4.14. The molecule has 0 bridgehead atoms. The summed E-state index contributed by atoms with van der Waals surface area (Å²) in [5.74, 6) is 0. The van der Waals surface area contributed by atoms with E-state index in [1.807, 2.05) is 0 Å². The van der Waals surface area contributed by atoms with Crippen molar-refractivity contribution in [2.75, 3.05) is 0 Å². The first-order valence-corrected chi connectivity index (χ1v) is 5.32. The normalized spacial score (nSPS) is 9.69. The summed E-state index contributed by atoms with van der Waals surface area (Å²) in [5.41, 5.74) is 6.75. The van der Waals surface area contributed by atoms with E-state index in [1.54, 1.807) is 0 Å². The van der Waals surface area contributed by atoms with Crippen molar-refractivity contribution in [2.45, 2.75) is 20.8 Å². The van der Waals surface area contributed by atoms with E-state index in [0.29, 0.717) is 0 Å². The zero-order chi connectivity index (χ0) is 10.8. The van der Waals surface area contributed by atoms with Gasteiger partial charge in [-0.25, -0.2) is 0 Å². The summed E-state index contributed by atoms with van der Waals surface area (Å²) in [6.45, 7) is 6.51. The molecule has 0 N–H and O–H groups in total. The predicted octanol–water partition coefficient (Wildman–Crippen LogP) is 3.90. The Hall–Kier alpha value is -0.963. The van der Waals surface area contributed by atoms with Crippen LogP contribution in [-0.4, -0.2) is 18.9 Å². The van der Waals surface area contributed by atoms with Gasteiger partial charge < -0.3 is 0 Å². The van der Waals surface area contributed by atoms with Gasteiger partial charge in [0.25, 0.3) is 0 Å². The van der Waals surface area contributed by atoms with Gasteiger partial charge in [0.15, 0.2) is 0 Å². The second-order valence-corrected chi connectivity index (χ2v) is 4.14. The van der Waals surface area contributed by atoms with Crippen LogP contribution in [0.5, 0.6) is 0 Å². The largest absolute Gasteiger partial charge is 0.0622 e. The molecule has 0 unspecified atom stereocenters. The molecule has 1 radical (unpaired) electrons. The molecule has 0 saturated carbocycles. The maximum atomic E-state index is 2.25. The molecule has 0 aliphatic heterocycles. The zero-order valence-corrected chi connectivity index (χ0v) is 10.5. The molecule has 0 atom stereocenters. The van der Waals surface area contributed by atoms with E-state index in [9.17, 15) is 0 Å². The molecule has 16 heavy (non-hydrogen) atoms. The third-order valence-corrected chi connectivity index (χ3v) is 2.74. The number of rotatable bonds is 1. The molecular weight excluding hydrogens is 187 g/mol. The van der Waals surface area contributed by atoms with Crippen LogP contribution in [0.1, 0.15) is 16.7 Å². The van der Waals surface area contributed by atoms with Gasteiger partial charge in [-0.05, 0) is 43.0 Å². The molecule has 0 nitrogen and oxygen atoms in total. The fourth-order valence-electron chi connectivity index (χ4n) is 2.24. The summed E-state index contributed by atoms with van der Waals surface area (Å²) in [4.78, 5) is 0. The van der Waals surface area contributed by atoms with E-state index in [2.05, 4.69) is 63.2 Å². The van der Waals surface area contributed by atoms with E-state index in [4.69, 9.17) is 0 Å². The Labute approximate surface area is 110 Å². The van der Waals surface area contributed by atoms with Crippen LogP contribution >= 0.6 is 0 Å². The molecule has 0 amide bonds. The average Bonchev–Trinajstić information content (AvgIpc) is 2.17. The van der Waals surface area contributed by atoms with Gasteiger partial charge in [-0.1, -0.05) is 48.0 Å². The molecule has 2 rings (SSSR count). The van der Waals surface area contributed by atoms with Gasteiger partial charge >= 0.3 is 0 Å². The van der Waals surface area contributed by atoms with Gasteiger partial charge in [0.1, 0.15) is 0 Å². The molecule has 2 aromatic carbocycles. The van der Waals surface area contributed by atoms with Crippen molar-refractivity contribution in [3.8, 4) is 11.1 Å². The Morgan fingerprint density at radius 1 is 0.750 bits per heavy atom. The van der Waals surface area contributed by atoms with Gasteiger partial charge in [0.2, 0.25) is 0 Å². The molecule has 1 heteroatoms. The summed E-state index contributed by atoms with van der Waals surface area (Å²) in [6, 6.07) is 15.1. The average molecular weight is 203 g/mol. The Balaban J connectivity index is 0.00000128. The van der Waals surface area contributed by atoms with Gasteiger partial charge in [-0.3, -0.25) is 0 Å². The molecule has 2 aromatic rings. The third kappa shape index (κ3) is 2.58. The molecular formula is C15H16Li. The minimum atomic E-state index is 0. The first-order chi connectivity index (χ1) is 7.18. The maximum Gasteiger partial charge on any atom is 0 e. The quantitative estimate of drug-likeness (QED) is 0.616. The first kappa shape index (κ1) is 13.1. The summed E-state index contributed by atoms with van der Waals surface area (Å²) >= 11 is 0. The molecule has 0 fully saturated rings. The van der Waals surface area contributed by atoms with E-state index in [0.717, 1.165) is 0 Å². The van der Waals surface area contributed by atoms with Gasteiger partial charge in [-0.2, -0.15) is 0 Å².